The summed E-state index contributed by atoms with van der Waals surface area (Å²) in [6.45, 7) is 4.79. The molecule has 1 saturated heterocycles. The number of halogens is 2. The molecule has 18 heavy (non-hydrogen) atoms. The Morgan fingerprint density at radius 1 is 1.33 bits per heavy atom. The third-order valence-corrected chi connectivity index (χ3v) is 3.50. The number of rotatable bonds is 2. The molecule has 1 atom stereocenters. The third kappa shape index (κ3) is 2.17. The van der Waals surface area contributed by atoms with Gasteiger partial charge in [0, 0.05) is 12.6 Å². The minimum Gasteiger partial charge on any atom is -0.364 e. The third-order valence-electron chi connectivity index (χ3n) is 3.50. The van der Waals surface area contributed by atoms with E-state index in [1.807, 2.05) is 0 Å². The maximum atomic E-state index is 14.0. The Labute approximate surface area is 106 Å². The maximum Gasteiger partial charge on any atom is 0.150 e. The molecule has 0 amide bonds. The average Bonchev–Trinajstić information content (AvgIpc) is 2.77. The van der Waals surface area contributed by atoms with Gasteiger partial charge in [-0.25, -0.2) is 8.78 Å². The van der Waals surface area contributed by atoms with Crippen LogP contribution in [0.1, 0.15) is 32.3 Å². The molecule has 1 aliphatic heterocycles. The fourth-order valence-electron chi connectivity index (χ4n) is 2.67. The largest absolute Gasteiger partial charge is 0.364 e. The monoisotopic (exact) mass is 250 g/mol. The van der Waals surface area contributed by atoms with E-state index in [0.29, 0.717) is 12.5 Å². The van der Waals surface area contributed by atoms with Gasteiger partial charge in [0.15, 0.2) is 11.6 Å². The van der Waals surface area contributed by atoms with Crippen molar-refractivity contribution in [2.45, 2.75) is 32.7 Å². The Bertz CT molecular complexity index is 468. The fourth-order valence-corrected chi connectivity index (χ4v) is 2.67. The van der Waals surface area contributed by atoms with E-state index in [2.05, 4.69) is 13.8 Å². The lowest BCUT2D eigenvalue weighted by molar-refractivity contribution is 0.477. The predicted octanol–water partition coefficient (Wildman–Crippen LogP) is 3.46. The Morgan fingerprint density at radius 2 is 1.94 bits per heavy atom. The van der Waals surface area contributed by atoms with Crippen molar-refractivity contribution in [1.82, 2.24) is 0 Å². The molecular formula is C14H16F2N2. The zero-order valence-electron chi connectivity index (χ0n) is 10.6. The summed E-state index contributed by atoms with van der Waals surface area (Å²) in [4.78, 5) is 1.80. The minimum atomic E-state index is -0.640. The van der Waals surface area contributed by atoms with Gasteiger partial charge in [0.05, 0.1) is 11.6 Å². The molecule has 0 radical (unpaired) electrons. The molecule has 2 nitrogen and oxygen atoms in total. The highest BCUT2D eigenvalue weighted by Gasteiger charge is 2.31. The summed E-state index contributed by atoms with van der Waals surface area (Å²) < 4.78 is 27.9. The molecule has 0 N–H and O–H groups in total. The maximum absolute atomic E-state index is 14.0. The van der Waals surface area contributed by atoms with Gasteiger partial charge in [-0.1, -0.05) is 13.8 Å². The van der Waals surface area contributed by atoms with Crippen molar-refractivity contribution >= 4 is 5.69 Å². The lowest BCUT2D eigenvalue weighted by Gasteiger charge is -2.30. The van der Waals surface area contributed by atoms with Gasteiger partial charge < -0.3 is 4.90 Å². The first-order valence-corrected chi connectivity index (χ1v) is 6.20. The van der Waals surface area contributed by atoms with Crippen LogP contribution in [-0.4, -0.2) is 12.6 Å². The first-order valence-electron chi connectivity index (χ1n) is 6.20. The summed E-state index contributed by atoms with van der Waals surface area (Å²) in [7, 11) is 0. The molecule has 1 aromatic carbocycles. The molecule has 1 unspecified atom stereocenters. The van der Waals surface area contributed by atoms with Gasteiger partial charge >= 0.3 is 0 Å². The van der Waals surface area contributed by atoms with E-state index in [1.54, 1.807) is 11.0 Å². The molecule has 0 saturated carbocycles. The van der Waals surface area contributed by atoms with Gasteiger partial charge in [-0.2, -0.15) is 5.26 Å². The van der Waals surface area contributed by atoms with E-state index in [-0.39, 0.29) is 17.3 Å². The van der Waals surface area contributed by atoms with Gasteiger partial charge in [0.25, 0.3) is 0 Å². The van der Waals surface area contributed by atoms with Crippen molar-refractivity contribution in [2.24, 2.45) is 5.92 Å². The van der Waals surface area contributed by atoms with Crippen molar-refractivity contribution in [1.29, 1.82) is 5.26 Å². The van der Waals surface area contributed by atoms with Crippen LogP contribution in [0.2, 0.25) is 0 Å². The van der Waals surface area contributed by atoms with E-state index >= 15 is 0 Å². The van der Waals surface area contributed by atoms with Crippen LogP contribution in [0.3, 0.4) is 0 Å². The number of hydrogen-bond acceptors (Lipinski definition) is 2. The highest BCUT2D eigenvalue weighted by atomic mass is 19.1. The topological polar surface area (TPSA) is 27.0 Å². The smallest absolute Gasteiger partial charge is 0.150 e. The predicted molar refractivity (Wildman–Crippen MR) is 66.3 cm³/mol. The quantitative estimate of drug-likeness (QED) is 0.803. The molecule has 0 aliphatic carbocycles. The minimum absolute atomic E-state index is 0.0187. The standard InChI is InChI=1S/C14H16F2N2/c1-9(2)13-4-3-5-18(13)14-11(15)6-10(8-17)7-12(14)16/h6-7,9,13H,3-5H2,1-2H3. The molecule has 96 valence electrons. The summed E-state index contributed by atoms with van der Waals surface area (Å²) in [5, 5.41) is 8.69. The van der Waals surface area contributed by atoms with Gasteiger partial charge in [-0.15, -0.1) is 0 Å². The van der Waals surface area contributed by atoms with E-state index in [1.165, 1.54) is 0 Å². The average molecular weight is 250 g/mol. The molecule has 1 aromatic rings. The summed E-state index contributed by atoms with van der Waals surface area (Å²) in [5.41, 5.74) is 0.0410. The second kappa shape index (κ2) is 4.93. The molecular weight excluding hydrogens is 234 g/mol. The Kier molecular flexibility index (Phi) is 3.51. The second-order valence-electron chi connectivity index (χ2n) is 5.05. The lowest BCUT2D eigenvalue weighted by Crippen LogP contribution is -2.34. The summed E-state index contributed by atoms with van der Waals surface area (Å²) >= 11 is 0. The van der Waals surface area contributed by atoms with Crippen molar-refractivity contribution in [3.63, 3.8) is 0 Å². The van der Waals surface area contributed by atoms with E-state index < -0.39 is 11.6 Å². The van der Waals surface area contributed by atoms with Crippen molar-refractivity contribution in [2.75, 3.05) is 11.4 Å². The van der Waals surface area contributed by atoms with Crippen LogP contribution >= 0.6 is 0 Å². The summed E-state index contributed by atoms with van der Waals surface area (Å²) in [5.74, 6) is -0.930. The zero-order valence-corrected chi connectivity index (χ0v) is 10.6. The van der Waals surface area contributed by atoms with Gasteiger partial charge in [-0.3, -0.25) is 0 Å². The van der Waals surface area contributed by atoms with Crippen molar-refractivity contribution in [3.8, 4) is 6.07 Å². The molecule has 1 fully saturated rings. The normalized spacial score (nSPS) is 19.3. The van der Waals surface area contributed by atoms with Gasteiger partial charge in [0.2, 0.25) is 0 Å². The zero-order chi connectivity index (χ0) is 13.3. The van der Waals surface area contributed by atoms with Crippen LogP contribution in [0.5, 0.6) is 0 Å². The lowest BCUT2D eigenvalue weighted by atomic mass is 10.0. The first kappa shape index (κ1) is 12.8. The first-order chi connectivity index (χ1) is 8.54. The van der Waals surface area contributed by atoms with Crippen LogP contribution in [-0.2, 0) is 0 Å². The van der Waals surface area contributed by atoms with Crippen LogP contribution in [0, 0.1) is 28.9 Å². The molecule has 1 aliphatic rings. The van der Waals surface area contributed by atoms with E-state index in [4.69, 9.17) is 5.26 Å². The van der Waals surface area contributed by atoms with Crippen LogP contribution in [0.15, 0.2) is 12.1 Å². The molecule has 2 rings (SSSR count). The highest BCUT2D eigenvalue weighted by Crippen LogP contribution is 2.33. The van der Waals surface area contributed by atoms with Crippen molar-refractivity contribution in [3.05, 3.63) is 29.3 Å². The van der Waals surface area contributed by atoms with Crippen LogP contribution in [0.4, 0.5) is 14.5 Å². The second-order valence-corrected chi connectivity index (χ2v) is 5.05. The van der Waals surface area contributed by atoms with Crippen LogP contribution < -0.4 is 4.90 Å². The number of benzene rings is 1. The number of hydrogen-bond donors (Lipinski definition) is 0. The van der Waals surface area contributed by atoms with Gasteiger partial charge in [-0.05, 0) is 30.9 Å². The fraction of sp³-hybridized carbons (Fsp3) is 0.500. The van der Waals surface area contributed by atoms with E-state index in [9.17, 15) is 8.78 Å². The molecule has 1 heterocycles. The number of nitrogens with zero attached hydrogens (tertiary/aromatic N) is 2. The molecule has 0 bridgehead atoms. The molecule has 0 spiro atoms. The Balaban J connectivity index is 2.42. The highest BCUT2D eigenvalue weighted by molar-refractivity contribution is 5.54. The van der Waals surface area contributed by atoms with Crippen molar-refractivity contribution < 1.29 is 8.78 Å². The van der Waals surface area contributed by atoms with Crippen LogP contribution in [0.25, 0.3) is 0 Å². The Hall–Kier alpha value is -1.63. The summed E-state index contributed by atoms with van der Waals surface area (Å²) in [6, 6.07) is 4.14. The van der Waals surface area contributed by atoms with Gasteiger partial charge in [0.1, 0.15) is 5.69 Å². The molecule has 4 heteroatoms. The van der Waals surface area contributed by atoms with E-state index in [0.717, 1.165) is 25.0 Å². The number of nitriles is 1. The SMILES string of the molecule is CC(C)C1CCCN1c1c(F)cc(C#N)cc1F. The Morgan fingerprint density at radius 3 is 2.44 bits per heavy atom. The summed E-state index contributed by atoms with van der Waals surface area (Å²) in [6.07, 6.45) is 1.90. The molecule has 0 aromatic heterocycles. The number of anilines is 1.